The lowest BCUT2D eigenvalue weighted by molar-refractivity contribution is 0.164. The Morgan fingerprint density at radius 1 is 1.50 bits per heavy atom. The van der Waals surface area contributed by atoms with Gasteiger partial charge in [-0.25, -0.2) is 9.78 Å². The van der Waals surface area contributed by atoms with Crippen molar-refractivity contribution >= 4 is 58.2 Å². The van der Waals surface area contributed by atoms with Crippen molar-refractivity contribution in [3.63, 3.8) is 0 Å². The molecule has 0 atom stereocenters. The number of halogens is 4. The van der Waals surface area contributed by atoms with Gasteiger partial charge in [0.15, 0.2) is 0 Å². The van der Waals surface area contributed by atoms with Crippen molar-refractivity contribution in [2.75, 3.05) is 11.9 Å². The number of rotatable bonds is 2. The van der Waals surface area contributed by atoms with E-state index in [-0.39, 0.29) is 11.8 Å². The largest absolute Gasteiger partial charge is 0.445 e. The van der Waals surface area contributed by atoms with Gasteiger partial charge in [-0.2, -0.15) is 0 Å². The predicted octanol–water partition coefficient (Wildman–Crippen LogP) is 3.65. The minimum atomic E-state index is -1.63. The molecule has 1 amide bonds. The maximum atomic E-state index is 11.2. The second-order valence-corrected chi connectivity index (χ2v) is 5.59. The summed E-state index contributed by atoms with van der Waals surface area (Å²) in [5, 5.41) is 2.64. The first-order valence-electron chi connectivity index (χ1n) is 3.99. The molecule has 0 aliphatic rings. The van der Waals surface area contributed by atoms with Crippen LogP contribution in [-0.2, 0) is 4.74 Å². The highest BCUT2D eigenvalue weighted by molar-refractivity contribution is 6.67. The third-order valence-corrected chi connectivity index (χ3v) is 1.87. The van der Waals surface area contributed by atoms with E-state index in [1.54, 1.807) is 6.07 Å². The van der Waals surface area contributed by atoms with Crippen LogP contribution in [0.1, 0.15) is 0 Å². The molecular weight excluding hydrogens is 298 g/mol. The highest BCUT2D eigenvalue weighted by atomic mass is 35.6. The normalized spacial score (nSPS) is 11.0. The van der Waals surface area contributed by atoms with Gasteiger partial charge in [0.25, 0.3) is 0 Å². The second-order valence-electron chi connectivity index (χ2n) is 2.68. The van der Waals surface area contributed by atoms with E-state index in [1.807, 2.05) is 0 Å². The molecule has 0 spiro atoms. The van der Waals surface area contributed by atoms with Gasteiger partial charge in [0.2, 0.25) is 3.79 Å². The summed E-state index contributed by atoms with van der Waals surface area (Å²) in [6, 6.07) is 3.00. The van der Waals surface area contributed by atoms with Gasteiger partial charge in [-0.05, 0) is 12.1 Å². The lowest BCUT2D eigenvalue weighted by Crippen LogP contribution is -2.21. The number of nitrogens with zero attached hydrogens (tertiary/aromatic N) is 1. The Morgan fingerprint density at radius 2 is 2.19 bits per heavy atom. The highest BCUT2D eigenvalue weighted by Crippen LogP contribution is 2.26. The molecule has 0 unspecified atom stereocenters. The Kier molecular flexibility index (Phi) is 4.92. The van der Waals surface area contributed by atoms with Crippen LogP contribution in [0.15, 0.2) is 18.3 Å². The molecule has 0 aliphatic carbocycles. The summed E-state index contributed by atoms with van der Waals surface area (Å²) in [4.78, 5) is 14.9. The van der Waals surface area contributed by atoms with Crippen LogP contribution < -0.4 is 5.32 Å². The summed E-state index contributed by atoms with van der Waals surface area (Å²) in [5.74, 6) is 0. The number of alkyl halides is 3. The second kappa shape index (κ2) is 5.77. The SMILES string of the molecule is O=C(Nc1ccnc(Cl)c1)OCC(Cl)(Cl)Cl. The molecule has 0 aromatic carbocycles. The molecule has 88 valence electrons. The molecular formula is C8H6Cl4N2O2. The van der Waals surface area contributed by atoms with Crippen LogP contribution >= 0.6 is 46.4 Å². The lowest BCUT2D eigenvalue weighted by Gasteiger charge is -2.11. The molecule has 1 aromatic heterocycles. The van der Waals surface area contributed by atoms with Crippen LogP contribution in [0.2, 0.25) is 5.15 Å². The van der Waals surface area contributed by atoms with Crippen LogP contribution in [0.5, 0.6) is 0 Å². The van der Waals surface area contributed by atoms with E-state index < -0.39 is 9.89 Å². The molecule has 0 aliphatic heterocycles. The van der Waals surface area contributed by atoms with Crippen molar-refractivity contribution in [1.82, 2.24) is 4.98 Å². The molecule has 1 aromatic rings. The fraction of sp³-hybridized carbons (Fsp3) is 0.250. The standard InChI is InChI=1S/C8H6Cl4N2O2/c9-6-3-5(1-2-13-6)14-7(15)16-4-8(10,11)12/h1-3H,4H2,(H,13,14,15). The maximum Gasteiger partial charge on any atom is 0.411 e. The molecule has 1 rings (SSSR count). The van der Waals surface area contributed by atoms with Crippen molar-refractivity contribution in [2.45, 2.75) is 3.79 Å². The number of pyridine rings is 1. The van der Waals surface area contributed by atoms with Gasteiger partial charge >= 0.3 is 6.09 Å². The number of ether oxygens (including phenoxy) is 1. The number of hydrogen-bond donors (Lipinski definition) is 1. The smallest absolute Gasteiger partial charge is 0.411 e. The van der Waals surface area contributed by atoms with Crippen LogP contribution in [-0.4, -0.2) is 21.5 Å². The summed E-state index contributed by atoms with van der Waals surface area (Å²) >= 11 is 21.8. The van der Waals surface area contributed by atoms with Gasteiger partial charge in [0.05, 0.1) is 0 Å². The summed E-state index contributed by atoms with van der Waals surface area (Å²) in [6.07, 6.45) is 0.695. The minimum absolute atomic E-state index is 0.249. The van der Waals surface area contributed by atoms with Gasteiger partial charge in [-0.3, -0.25) is 5.32 Å². The zero-order chi connectivity index (χ0) is 12.2. The van der Waals surface area contributed by atoms with Crippen molar-refractivity contribution in [1.29, 1.82) is 0 Å². The first kappa shape index (κ1) is 13.6. The van der Waals surface area contributed by atoms with Gasteiger partial charge in [0, 0.05) is 11.9 Å². The van der Waals surface area contributed by atoms with E-state index in [1.165, 1.54) is 12.3 Å². The molecule has 0 saturated heterocycles. The number of hydrogen-bond acceptors (Lipinski definition) is 3. The fourth-order valence-corrected chi connectivity index (χ4v) is 1.12. The first-order valence-corrected chi connectivity index (χ1v) is 5.50. The van der Waals surface area contributed by atoms with Gasteiger partial charge in [0.1, 0.15) is 11.8 Å². The lowest BCUT2D eigenvalue weighted by atomic mass is 10.4. The monoisotopic (exact) mass is 302 g/mol. The zero-order valence-corrected chi connectivity index (χ0v) is 10.7. The van der Waals surface area contributed by atoms with Gasteiger partial charge in [-0.1, -0.05) is 46.4 Å². The third kappa shape index (κ3) is 5.61. The highest BCUT2D eigenvalue weighted by Gasteiger charge is 2.22. The van der Waals surface area contributed by atoms with Crippen molar-refractivity contribution in [3.8, 4) is 0 Å². The Hall–Kier alpha value is -0.420. The number of carbonyl (C=O) groups is 1. The Labute approximate surface area is 112 Å². The number of carbonyl (C=O) groups excluding carboxylic acids is 1. The fourth-order valence-electron chi connectivity index (χ4n) is 0.782. The van der Waals surface area contributed by atoms with Gasteiger partial charge in [-0.15, -0.1) is 0 Å². The van der Waals surface area contributed by atoms with E-state index in [9.17, 15) is 4.79 Å². The number of amides is 1. The molecule has 1 heterocycles. The van der Waals surface area contributed by atoms with Crippen molar-refractivity contribution in [3.05, 3.63) is 23.5 Å². The molecule has 8 heteroatoms. The molecule has 0 bridgehead atoms. The summed E-state index contributed by atoms with van der Waals surface area (Å²) in [7, 11) is 0. The van der Waals surface area contributed by atoms with Crippen LogP contribution in [0.25, 0.3) is 0 Å². The number of aromatic nitrogens is 1. The molecule has 0 fully saturated rings. The van der Waals surface area contributed by atoms with E-state index >= 15 is 0 Å². The third-order valence-electron chi connectivity index (χ3n) is 1.34. The van der Waals surface area contributed by atoms with Crippen LogP contribution in [0.3, 0.4) is 0 Å². The summed E-state index contributed by atoms with van der Waals surface area (Å²) in [6.45, 7) is -0.345. The summed E-state index contributed by atoms with van der Waals surface area (Å²) < 4.78 is 3.01. The Bertz CT molecular complexity index is 381. The average Bonchev–Trinajstić information content (AvgIpc) is 2.14. The zero-order valence-electron chi connectivity index (χ0n) is 7.71. The maximum absolute atomic E-state index is 11.2. The summed E-state index contributed by atoms with van der Waals surface area (Å²) in [5.41, 5.74) is 0.439. The van der Waals surface area contributed by atoms with Crippen molar-refractivity contribution < 1.29 is 9.53 Å². The average molecular weight is 304 g/mol. The topological polar surface area (TPSA) is 51.2 Å². The van der Waals surface area contributed by atoms with E-state index in [0.29, 0.717) is 5.69 Å². The minimum Gasteiger partial charge on any atom is -0.445 e. The van der Waals surface area contributed by atoms with E-state index in [0.717, 1.165) is 0 Å². The molecule has 4 nitrogen and oxygen atoms in total. The number of nitrogens with one attached hydrogen (secondary N) is 1. The van der Waals surface area contributed by atoms with E-state index in [2.05, 4.69) is 15.0 Å². The molecule has 16 heavy (non-hydrogen) atoms. The Balaban J connectivity index is 2.46. The van der Waals surface area contributed by atoms with Crippen LogP contribution in [0, 0.1) is 0 Å². The molecule has 1 N–H and O–H groups in total. The number of anilines is 1. The first-order chi connectivity index (χ1) is 7.37. The molecule has 0 saturated carbocycles. The predicted molar refractivity (Wildman–Crippen MR) is 64.5 cm³/mol. The van der Waals surface area contributed by atoms with Crippen molar-refractivity contribution in [2.24, 2.45) is 0 Å². The van der Waals surface area contributed by atoms with Crippen LogP contribution in [0.4, 0.5) is 10.5 Å². The quantitative estimate of drug-likeness (QED) is 0.670. The Morgan fingerprint density at radius 3 is 2.75 bits per heavy atom. The van der Waals surface area contributed by atoms with E-state index in [4.69, 9.17) is 46.4 Å². The van der Waals surface area contributed by atoms with Gasteiger partial charge < -0.3 is 4.74 Å². The molecule has 0 radical (unpaired) electrons.